The zero-order chi connectivity index (χ0) is 17.7. The van der Waals surface area contributed by atoms with E-state index < -0.39 is 18.6 Å². The molecule has 0 aromatic heterocycles. The summed E-state index contributed by atoms with van der Waals surface area (Å²) in [6.07, 6.45) is -5.18. The van der Waals surface area contributed by atoms with Crippen molar-refractivity contribution in [2.45, 2.75) is 45.5 Å². The van der Waals surface area contributed by atoms with E-state index >= 15 is 0 Å². The molecule has 138 valence electrons. The Morgan fingerprint density at radius 2 is 1.60 bits per heavy atom. The molecule has 0 fully saturated rings. The second kappa shape index (κ2) is 9.11. The van der Waals surface area contributed by atoms with Crippen molar-refractivity contribution in [2.75, 3.05) is 0 Å². The number of hydrogen-bond acceptors (Lipinski definition) is 2. The van der Waals surface area contributed by atoms with Crippen LogP contribution in [0.4, 0.5) is 13.2 Å². The summed E-state index contributed by atoms with van der Waals surface area (Å²) in [6.45, 7) is 4.21. The second-order valence-electron chi connectivity index (χ2n) is 6.02. The minimum atomic E-state index is -4.18. The zero-order valence-corrected chi connectivity index (χ0v) is 15.1. The van der Waals surface area contributed by atoms with Crippen LogP contribution in [0.25, 0.3) is 0 Å². The van der Waals surface area contributed by atoms with Crippen LogP contribution in [0.2, 0.25) is 0 Å². The van der Waals surface area contributed by atoms with Gasteiger partial charge in [-0.25, -0.2) is 0 Å². The lowest BCUT2D eigenvalue weighted by atomic mass is 9.97. The third-order valence-corrected chi connectivity index (χ3v) is 3.88. The molecule has 25 heavy (non-hydrogen) atoms. The quantitative estimate of drug-likeness (QED) is 0.710. The Hall–Kier alpha value is -1.72. The lowest BCUT2D eigenvalue weighted by Crippen LogP contribution is -2.16. The van der Waals surface area contributed by atoms with Gasteiger partial charge in [0.05, 0.1) is 0 Å². The van der Waals surface area contributed by atoms with Crippen LogP contribution in [-0.4, -0.2) is 6.18 Å². The average Bonchev–Trinajstić information content (AvgIpc) is 2.52. The predicted octanol–water partition coefficient (Wildman–Crippen LogP) is 5.65. The van der Waals surface area contributed by atoms with Crippen LogP contribution in [-0.2, 0) is 6.61 Å². The lowest BCUT2D eigenvalue weighted by molar-refractivity contribution is -0.136. The maximum atomic E-state index is 12.3. The topological polar surface area (TPSA) is 35.2 Å². The van der Waals surface area contributed by atoms with Gasteiger partial charge in [0.1, 0.15) is 12.4 Å². The van der Waals surface area contributed by atoms with E-state index in [2.05, 4.69) is 0 Å². The highest BCUT2D eigenvalue weighted by Gasteiger charge is 2.28. The minimum absolute atomic E-state index is 0. The largest absolute Gasteiger partial charge is 0.488 e. The molecule has 0 heterocycles. The molecule has 0 radical (unpaired) electrons. The van der Waals surface area contributed by atoms with Gasteiger partial charge in [-0.3, -0.25) is 0 Å². The summed E-state index contributed by atoms with van der Waals surface area (Å²) < 4.78 is 42.9. The van der Waals surface area contributed by atoms with Gasteiger partial charge in [-0.05, 0) is 42.5 Å². The number of alkyl halides is 3. The summed E-state index contributed by atoms with van der Waals surface area (Å²) in [7, 11) is 0. The van der Waals surface area contributed by atoms with Crippen molar-refractivity contribution in [3.05, 3.63) is 64.7 Å². The SMILES string of the molecule is Cc1cc([C@@H](N)CCC(F)(F)F)cc(C)c1OCc1ccccc1.Cl. The summed E-state index contributed by atoms with van der Waals surface area (Å²) >= 11 is 0. The second-order valence-corrected chi connectivity index (χ2v) is 6.02. The molecular weight excluding hydrogens is 351 g/mol. The van der Waals surface area contributed by atoms with Gasteiger partial charge < -0.3 is 10.5 Å². The molecule has 2 nitrogen and oxygen atoms in total. The van der Waals surface area contributed by atoms with Gasteiger partial charge in [0.2, 0.25) is 0 Å². The Bertz CT molecular complexity index is 651. The molecule has 0 bridgehead atoms. The van der Waals surface area contributed by atoms with E-state index in [4.69, 9.17) is 10.5 Å². The summed E-state index contributed by atoms with van der Waals surface area (Å²) in [5.41, 5.74) is 9.44. The van der Waals surface area contributed by atoms with Crippen LogP contribution in [0.3, 0.4) is 0 Å². The van der Waals surface area contributed by atoms with E-state index in [1.807, 2.05) is 56.3 Å². The highest BCUT2D eigenvalue weighted by molar-refractivity contribution is 5.85. The molecule has 2 rings (SSSR count). The molecule has 2 N–H and O–H groups in total. The van der Waals surface area contributed by atoms with Crippen molar-refractivity contribution in [1.82, 2.24) is 0 Å². The van der Waals surface area contributed by atoms with Crippen molar-refractivity contribution in [1.29, 1.82) is 0 Å². The van der Waals surface area contributed by atoms with Crippen LogP contribution in [0.5, 0.6) is 5.75 Å². The zero-order valence-electron chi connectivity index (χ0n) is 14.3. The smallest absolute Gasteiger partial charge is 0.389 e. The van der Waals surface area contributed by atoms with E-state index in [1.54, 1.807) is 0 Å². The first-order chi connectivity index (χ1) is 11.3. The number of hydrogen-bond donors (Lipinski definition) is 1. The summed E-state index contributed by atoms with van der Waals surface area (Å²) in [5.74, 6) is 0.755. The Balaban J connectivity index is 0.00000312. The number of benzene rings is 2. The van der Waals surface area contributed by atoms with E-state index in [1.165, 1.54) is 0 Å². The van der Waals surface area contributed by atoms with Crippen LogP contribution in [0.15, 0.2) is 42.5 Å². The molecule has 0 saturated heterocycles. The van der Waals surface area contributed by atoms with Crippen molar-refractivity contribution in [3.63, 3.8) is 0 Å². The molecule has 0 aliphatic carbocycles. The van der Waals surface area contributed by atoms with Gasteiger partial charge in [-0.1, -0.05) is 42.5 Å². The molecule has 2 aromatic rings. The maximum Gasteiger partial charge on any atom is 0.389 e. The Kier molecular flexibility index (Phi) is 7.77. The van der Waals surface area contributed by atoms with E-state index in [0.29, 0.717) is 12.2 Å². The van der Waals surface area contributed by atoms with E-state index in [9.17, 15) is 13.2 Å². The van der Waals surface area contributed by atoms with Gasteiger partial charge in [0.15, 0.2) is 0 Å². The van der Waals surface area contributed by atoms with Gasteiger partial charge in [0.25, 0.3) is 0 Å². The standard InChI is InChI=1S/C19H22F3NO.ClH/c1-13-10-16(17(23)8-9-19(20,21)22)11-14(2)18(13)24-12-15-6-4-3-5-7-15;/h3-7,10-11,17H,8-9,12,23H2,1-2H3;1H/t17-;/m0./s1. The van der Waals surface area contributed by atoms with Gasteiger partial charge in [-0.15, -0.1) is 12.4 Å². The van der Waals surface area contributed by atoms with Gasteiger partial charge in [-0.2, -0.15) is 13.2 Å². The normalized spacial score (nSPS) is 12.4. The van der Waals surface area contributed by atoms with Gasteiger partial charge >= 0.3 is 6.18 Å². The van der Waals surface area contributed by atoms with Crippen LogP contribution in [0.1, 0.15) is 41.1 Å². The molecule has 0 amide bonds. The molecular formula is C19H23ClF3NO. The molecule has 0 spiro atoms. The first-order valence-corrected chi connectivity index (χ1v) is 7.86. The van der Waals surface area contributed by atoms with Crippen molar-refractivity contribution >= 4 is 12.4 Å². The Labute approximate surface area is 152 Å². The lowest BCUT2D eigenvalue weighted by Gasteiger charge is -2.18. The third kappa shape index (κ3) is 6.59. The molecule has 2 aromatic carbocycles. The van der Waals surface area contributed by atoms with Crippen molar-refractivity contribution in [2.24, 2.45) is 5.73 Å². The fourth-order valence-corrected chi connectivity index (χ4v) is 2.64. The number of ether oxygens (including phenoxy) is 1. The van der Waals surface area contributed by atoms with Crippen LogP contribution < -0.4 is 10.5 Å². The van der Waals surface area contributed by atoms with E-state index in [-0.39, 0.29) is 18.8 Å². The monoisotopic (exact) mass is 373 g/mol. The van der Waals surface area contributed by atoms with Gasteiger partial charge in [0, 0.05) is 12.5 Å². The molecule has 0 aliphatic rings. The molecule has 1 atom stereocenters. The predicted molar refractivity (Wildman–Crippen MR) is 96.2 cm³/mol. The fourth-order valence-electron chi connectivity index (χ4n) is 2.64. The minimum Gasteiger partial charge on any atom is -0.488 e. The van der Waals surface area contributed by atoms with Crippen molar-refractivity contribution < 1.29 is 17.9 Å². The maximum absolute atomic E-state index is 12.3. The van der Waals surface area contributed by atoms with Crippen molar-refractivity contribution in [3.8, 4) is 5.75 Å². The highest BCUT2D eigenvalue weighted by Crippen LogP contribution is 2.31. The average molecular weight is 374 g/mol. The summed E-state index contributed by atoms with van der Waals surface area (Å²) in [5, 5.41) is 0. The Morgan fingerprint density at radius 1 is 1.04 bits per heavy atom. The molecule has 0 unspecified atom stereocenters. The first-order valence-electron chi connectivity index (χ1n) is 7.86. The summed E-state index contributed by atoms with van der Waals surface area (Å²) in [4.78, 5) is 0. The van der Waals surface area contributed by atoms with Crippen LogP contribution >= 0.6 is 12.4 Å². The third-order valence-electron chi connectivity index (χ3n) is 3.88. The number of rotatable bonds is 6. The number of aryl methyl sites for hydroxylation is 2. The number of nitrogens with two attached hydrogens (primary N) is 1. The summed E-state index contributed by atoms with van der Waals surface area (Å²) in [6, 6.07) is 12.8. The highest BCUT2D eigenvalue weighted by atomic mass is 35.5. The molecule has 0 saturated carbocycles. The van der Waals surface area contributed by atoms with E-state index in [0.717, 1.165) is 22.4 Å². The Morgan fingerprint density at radius 3 is 2.12 bits per heavy atom. The fraction of sp³-hybridized carbons (Fsp3) is 0.368. The first kappa shape index (κ1) is 21.3. The van der Waals surface area contributed by atoms with Crippen LogP contribution in [0, 0.1) is 13.8 Å². The molecule has 6 heteroatoms. The molecule has 0 aliphatic heterocycles. The number of halogens is 4.